The van der Waals surface area contributed by atoms with Crippen molar-refractivity contribution in [2.45, 2.75) is 26.3 Å². The fourth-order valence-corrected chi connectivity index (χ4v) is 1.53. The molecular weight excluding hydrogens is 234 g/mol. The molecule has 1 rings (SSSR count). The van der Waals surface area contributed by atoms with E-state index in [1.165, 1.54) is 0 Å². The van der Waals surface area contributed by atoms with Gasteiger partial charge < -0.3 is 10.4 Å². The van der Waals surface area contributed by atoms with Crippen molar-refractivity contribution < 1.29 is 9.90 Å². The number of hydrogen-bond donors (Lipinski definition) is 2. The quantitative estimate of drug-likeness (QED) is 0.788. The Balaban J connectivity index is 2.68. The zero-order valence-electron chi connectivity index (χ0n) is 10.0. The lowest BCUT2D eigenvalue weighted by Crippen LogP contribution is -2.43. The third-order valence-electron chi connectivity index (χ3n) is 2.42. The van der Waals surface area contributed by atoms with E-state index < -0.39 is 12.0 Å². The van der Waals surface area contributed by atoms with Gasteiger partial charge >= 0.3 is 5.97 Å². The smallest absolute Gasteiger partial charge is 0.326 e. The van der Waals surface area contributed by atoms with Gasteiger partial charge in [-0.15, -0.1) is 0 Å². The lowest BCUT2D eigenvalue weighted by atomic mass is 10.1. The van der Waals surface area contributed by atoms with E-state index in [0.29, 0.717) is 11.4 Å². The van der Waals surface area contributed by atoms with Crippen LogP contribution in [0.15, 0.2) is 30.3 Å². The van der Waals surface area contributed by atoms with Crippen molar-refractivity contribution in [3.8, 4) is 0 Å². The minimum absolute atomic E-state index is 0.155. The van der Waals surface area contributed by atoms with E-state index in [1.54, 1.807) is 0 Å². The molecule has 0 fully saturated rings. The van der Waals surface area contributed by atoms with E-state index in [2.05, 4.69) is 5.32 Å². The molecule has 1 atom stereocenters. The van der Waals surface area contributed by atoms with Gasteiger partial charge in [0.05, 0.1) is 4.99 Å². The van der Waals surface area contributed by atoms with Crippen molar-refractivity contribution in [3.63, 3.8) is 0 Å². The molecule has 0 unspecified atom stereocenters. The van der Waals surface area contributed by atoms with Crippen molar-refractivity contribution in [1.29, 1.82) is 0 Å². The van der Waals surface area contributed by atoms with Crippen molar-refractivity contribution in [2.24, 2.45) is 5.92 Å². The van der Waals surface area contributed by atoms with Gasteiger partial charge in [-0.2, -0.15) is 0 Å². The summed E-state index contributed by atoms with van der Waals surface area (Å²) in [6, 6.07) is 8.87. The topological polar surface area (TPSA) is 49.3 Å². The Morgan fingerprint density at radius 3 is 2.41 bits per heavy atom. The second-order valence-electron chi connectivity index (χ2n) is 4.24. The molecule has 2 N–H and O–H groups in total. The van der Waals surface area contributed by atoms with E-state index in [9.17, 15) is 4.79 Å². The fourth-order valence-electron chi connectivity index (χ4n) is 1.39. The molecule has 0 amide bonds. The first-order chi connectivity index (χ1) is 8.00. The molecule has 0 aliphatic heterocycles. The number of nitrogens with one attached hydrogen (secondary N) is 1. The van der Waals surface area contributed by atoms with Crippen molar-refractivity contribution in [1.82, 2.24) is 5.32 Å². The molecule has 0 bridgehead atoms. The highest BCUT2D eigenvalue weighted by molar-refractivity contribution is 7.80. The zero-order chi connectivity index (χ0) is 12.8. The average molecular weight is 251 g/mol. The van der Waals surface area contributed by atoms with Crippen LogP contribution in [0.2, 0.25) is 0 Å². The molecule has 0 heterocycles. The molecule has 0 radical (unpaired) electrons. The van der Waals surface area contributed by atoms with Crippen molar-refractivity contribution >= 4 is 23.2 Å². The summed E-state index contributed by atoms with van der Waals surface area (Å²) in [5.41, 5.74) is 0.985. The first-order valence-electron chi connectivity index (χ1n) is 5.58. The van der Waals surface area contributed by atoms with E-state index >= 15 is 0 Å². The monoisotopic (exact) mass is 251 g/mol. The Kier molecular flexibility index (Phi) is 5.10. The Bertz CT molecular complexity index is 390. The summed E-state index contributed by atoms with van der Waals surface area (Å²) in [4.78, 5) is 11.7. The Morgan fingerprint density at radius 1 is 1.35 bits per heavy atom. The van der Waals surface area contributed by atoms with Crippen LogP contribution in [0.4, 0.5) is 0 Å². The predicted molar refractivity (Wildman–Crippen MR) is 72.1 cm³/mol. The normalized spacial score (nSPS) is 12.2. The summed E-state index contributed by atoms with van der Waals surface area (Å²) in [6.45, 7) is 3.88. The van der Waals surface area contributed by atoms with Crippen LogP contribution < -0.4 is 5.32 Å². The van der Waals surface area contributed by atoms with Crippen LogP contribution in [0.1, 0.15) is 19.4 Å². The molecule has 0 aliphatic carbocycles. The molecule has 0 spiro atoms. The lowest BCUT2D eigenvalue weighted by Gasteiger charge is -2.18. The highest BCUT2D eigenvalue weighted by Crippen LogP contribution is 2.05. The van der Waals surface area contributed by atoms with Gasteiger partial charge in [0.2, 0.25) is 0 Å². The third kappa shape index (κ3) is 4.53. The first kappa shape index (κ1) is 13.6. The standard InChI is InChI=1S/C13H17NO2S/c1-9(2)12(17)14-11(13(15)16)8-10-6-4-3-5-7-10/h3-7,9,11H,8H2,1-2H3,(H,14,17)(H,15,16)/t11-/m1/s1. The molecule has 4 heteroatoms. The SMILES string of the molecule is CC(C)C(=S)N[C@H](Cc1ccccc1)C(=O)O. The van der Waals surface area contributed by atoms with Crippen LogP contribution in [0.25, 0.3) is 0 Å². The highest BCUT2D eigenvalue weighted by Gasteiger charge is 2.19. The second kappa shape index (κ2) is 6.35. The fraction of sp³-hybridized carbons (Fsp3) is 0.385. The summed E-state index contributed by atoms with van der Waals surface area (Å²) in [5, 5.41) is 12.0. The zero-order valence-corrected chi connectivity index (χ0v) is 10.8. The first-order valence-corrected chi connectivity index (χ1v) is 5.98. The van der Waals surface area contributed by atoms with E-state index in [-0.39, 0.29) is 5.92 Å². The number of hydrogen-bond acceptors (Lipinski definition) is 2. The molecule has 1 aromatic carbocycles. The summed E-state index contributed by atoms with van der Waals surface area (Å²) in [7, 11) is 0. The average Bonchev–Trinajstić information content (AvgIpc) is 2.29. The molecule has 3 nitrogen and oxygen atoms in total. The number of aliphatic carboxylic acids is 1. The molecule has 0 aromatic heterocycles. The van der Waals surface area contributed by atoms with Crippen molar-refractivity contribution in [3.05, 3.63) is 35.9 Å². The molecule has 0 saturated heterocycles. The summed E-state index contributed by atoms with van der Waals surface area (Å²) >= 11 is 5.12. The molecule has 92 valence electrons. The van der Waals surface area contributed by atoms with Gasteiger partial charge in [-0.25, -0.2) is 4.79 Å². The number of carboxylic acids is 1. The third-order valence-corrected chi connectivity index (χ3v) is 3.01. The van der Waals surface area contributed by atoms with Gasteiger partial charge in [0.15, 0.2) is 0 Å². The largest absolute Gasteiger partial charge is 0.480 e. The molecular formula is C13H17NO2S. The van der Waals surface area contributed by atoms with E-state index in [4.69, 9.17) is 17.3 Å². The van der Waals surface area contributed by atoms with Crippen LogP contribution >= 0.6 is 12.2 Å². The van der Waals surface area contributed by atoms with Crippen LogP contribution in [0, 0.1) is 5.92 Å². The van der Waals surface area contributed by atoms with E-state index in [0.717, 1.165) is 5.56 Å². The Morgan fingerprint density at radius 2 is 1.94 bits per heavy atom. The molecule has 0 aliphatic rings. The summed E-state index contributed by atoms with van der Waals surface area (Å²) < 4.78 is 0. The van der Waals surface area contributed by atoms with Gasteiger partial charge in [0.25, 0.3) is 0 Å². The minimum Gasteiger partial charge on any atom is -0.480 e. The molecule has 17 heavy (non-hydrogen) atoms. The Labute approximate surface area is 107 Å². The lowest BCUT2D eigenvalue weighted by molar-refractivity contribution is -0.139. The maximum atomic E-state index is 11.1. The second-order valence-corrected chi connectivity index (χ2v) is 4.68. The Hall–Kier alpha value is -1.42. The predicted octanol–water partition coefficient (Wildman–Crippen LogP) is 2.26. The molecule has 0 saturated carbocycles. The number of thiocarbonyl (C=S) groups is 1. The number of rotatable bonds is 5. The summed E-state index contributed by atoms with van der Waals surface area (Å²) in [6.07, 6.45) is 0.434. The van der Waals surface area contributed by atoms with Gasteiger partial charge in [-0.1, -0.05) is 56.4 Å². The number of carbonyl (C=O) groups is 1. The van der Waals surface area contributed by atoms with Gasteiger partial charge in [0, 0.05) is 12.3 Å². The number of benzene rings is 1. The van der Waals surface area contributed by atoms with Gasteiger partial charge in [-0.3, -0.25) is 0 Å². The highest BCUT2D eigenvalue weighted by atomic mass is 32.1. The van der Waals surface area contributed by atoms with Crippen LogP contribution in [0.3, 0.4) is 0 Å². The van der Waals surface area contributed by atoms with Gasteiger partial charge in [0.1, 0.15) is 6.04 Å². The summed E-state index contributed by atoms with van der Waals surface area (Å²) in [5.74, 6) is -0.723. The van der Waals surface area contributed by atoms with Crippen LogP contribution in [0.5, 0.6) is 0 Å². The van der Waals surface area contributed by atoms with Crippen LogP contribution in [-0.2, 0) is 11.2 Å². The molecule has 1 aromatic rings. The number of carboxylic acid groups (broad SMARTS) is 1. The van der Waals surface area contributed by atoms with Gasteiger partial charge in [-0.05, 0) is 5.56 Å². The van der Waals surface area contributed by atoms with E-state index in [1.807, 2.05) is 44.2 Å². The van der Waals surface area contributed by atoms with Crippen LogP contribution in [-0.4, -0.2) is 22.1 Å². The maximum absolute atomic E-state index is 11.1. The van der Waals surface area contributed by atoms with Crippen molar-refractivity contribution in [2.75, 3.05) is 0 Å². The maximum Gasteiger partial charge on any atom is 0.326 e. The minimum atomic E-state index is -0.878.